The zero-order valence-electron chi connectivity index (χ0n) is 24.3. The molecule has 1 fully saturated rings. The first-order valence-corrected chi connectivity index (χ1v) is 13.9. The Morgan fingerprint density at radius 2 is 1.77 bits per heavy atom. The molecule has 4 rings (SSSR count). The number of rotatable bonds is 11. The van der Waals surface area contributed by atoms with Crippen LogP contribution in [0.15, 0.2) is 66.7 Å². The summed E-state index contributed by atoms with van der Waals surface area (Å²) in [6.45, 7) is 3.43. The molecule has 1 aliphatic rings. The number of carbonyl (C=O) groups is 3. The van der Waals surface area contributed by atoms with Crippen LogP contribution in [0.2, 0.25) is 0 Å². The lowest BCUT2D eigenvalue weighted by Crippen LogP contribution is -2.47. The van der Waals surface area contributed by atoms with Gasteiger partial charge in [0.25, 0.3) is 11.8 Å². The van der Waals surface area contributed by atoms with Gasteiger partial charge in [-0.3, -0.25) is 9.59 Å². The average Bonchev–Trinajstić information content (AvgIpc) is 3.34. The molecule has 1 aliphatic heterocycles. The zero-order chi connectivity index (χ0) is 32.0. The molecule has 44 heavy (non-hydrogen) atoms. The van der Waals surface area contributed by atoms with Crippen LogP contribution in [0.25, 0.3) is 0 Å². The van der Waals surface area contributed by atoms with E-state index < -0.39 is 53.2 Å². The summed E-state index contributed by atoms with van der Waals surface area (Å²) >= 11 is 0. The van der Waals surface area contributed by atoms with Gasteiger partial charge in [0.05, 0.1) is 30.4 Å². The molecule has 1 N–H and O–H groups in total. The minimum atomic E-state index is -4.75. The van der Waals surface area contributed by atoms with E-state index in [4.69, 9.17) is 14.2 Å². The maximum atomic E-state index is 14.3. The van der Waals surface area contributed by atoms with Crippen LogP contribution in [-0.4, -0.2) is 54.8 Å². The van der Waals surface area contributed by atoms with Gasteiger partial charge in [-0.15, -0.1) is 0 Å². The quantitative estimate of drug-likeness (QED) is 0.278. The summed E-state index contributed by atoms with van der Waals surface area (Å²) in [5.74, 6) is -2.40. The number of amides is 3. The highest BCUT2D eigenvalue weighted by atomic mass is 19.4. The van der Waals surface area contributed by atoms with Gasteiger partial charge in [0.15, 0.2) is 0 Å². The average molecular weight is 617 g/mol. The highest BCUT2D eigenvalue weighted by Gasteiger charge is 2.41. The number of methoxy groups -OCH3 is 1. The fourth-order valence-corrected chi connectivity index (χ4v) is 4.90. The van der Waals surface area contributed by atoms with E-state index in [0.717, 1.165) is 16.5 Å². The van der Waals surface area contributed by atoms with Crippen LogP contribution in [0.4, 0.5) is 22.4 Å². The topological polar surface area (TPSA) is 94.2 Å². The third-order valence-electron chi connectivity index (χ3n) is 6.97. The summed E-state index contributed by atoms with van der Waals surface area (Å²) in [7, 11) is 1.41. The zero-order valence-corrected chi connectivity index (χ0v) is 24.3. The Balaban J connectivity index is 1.51. The third kappa shape index (κ3) is 7.93. The molecule has 3 aromatic carbocycles. The van der Waals surface area contributed by atoms with E-state index in [0.29, 0.717) is 29.4 Å². The lowest BCUT2D eigenvalue weighted by Gasteiger charge is -2.26. The van der Waals surface area contributed by atoms with Gasteiger partial charge in [-0.2, -0.15) is 13.2 Å². The van der Waals surface area contributed by atoms with Crippen molar-refractivity contribution in [3.63, 3.8) is 0 Å². The van der Waals surface area contributed by atoms with Crippen LogP contribution in [0, 0.1) is 5.82 Å². The summed E-state index contributed by atoms with van der Waals surface area (Å²) in [5, 5.41) is 2.50. The molecule has 0 aromatic heterocycles. The number of imide groups is 1. The molecule has 1 heterocycles. The molecule has 0 spiro atoms. The predicted molar refractivity (Wildman–Crippen MR) is 151 cm³/mol. The van der Waals surface area contributed by atoms with E-state index in [9.17, 15) is 31.9 Å². The van der Waals surface area contributed by atoms with Crippen molar-refractivity contribution in [2.45, 2.75) is 57.7 Å². The van der Waals surface area contributed by atoms with E-state index in [1.54, 1.807) is 32.0 Å². The molecule has 0 bridgehead atoms. The van der Waals surface area contributed by atoms with Gasteiger partial charge >= 0.3 is 12.3 Å². The van der Waals surface area contributed by atoms with Crippen molar-refractivity contribution in [2.24, 2.45) is 0 Å². The van der Waals surface area contributed by atoms with Crippen LogP contribution in [0.5, 0.6) is 5.75 Å². The predicted octanol–water partition coefficient (Wildman–Crippen LogP) is 5.71. The van der Waals surface area contributed by atoms with Gasteiger partial charge in [-0.25, -0.2) is 14.1 Å². The molecular weight excluding hydrogens is 584 g/mol. The smallest absolute Gasteiger partial charge is 0.417 e. The highest BCUT2D eigenvalue weighted by molar-refractivity contribution is 5.96. The number of hydrogen-bond donors (Lipinski definition) is 1. The monoisotopic (exact) mass is 616 g/mol. The van der Waals surface area contributed by atoms with Crippen LogP contribution >= 0.6 is 0 Å². The summed E-state index contributed by atoms with van der Waals surface area (Å²) in [4.78, 5) is 40.1. The first-order chi connectivity index (χ1) is 20.9. The summed E-state index contributed by atoms with van der Waals surface area (Å²) < 4.78 is 69.5. The number of nitrogens with one attached hydrogen (secondary N) is 1. The van der Waals surface area contributed by atoms with Gasteiger partial charge in [0, 0.05) is 18.5 Å². The second-order valence-electron chi connectivity index (χ2n) is 10.5. The number of ether oxygens (including phenoxy) is 3. The molecule has 3 amide bonds. The molecule has 0 unspecified atom stereocenters. The Labute approximate surface area is 251 Å². The van der Waals surface area contributed by atoms with Gasteiger partial charge in [0.2, 0.25) is 0 Å². The number of benzene rings is 3. The number of hydrogen-bond acceptors (Lipinski definition) is 6. The van der Waals surface area contributed by atoms with Gasteiger partial charge in [-0.05, 0) is 55.7 Å². The summed E-state index contributed by atoms with van der Waals surface area (Å²) in [6.07, 6.45) is -6.42. The van der Waals surface area contributed by atoms with Crippen molar-refractivity contribution < 1.29 is 46.2 Å². The first kappa shape index (κ1) is 32.5. The Bertz CT molecular complexity index is 1500. The summed E-state index contributed by atoms with van der Waals surface area (Å²) in [6, 6.07) is 15.6. The fourth-order valence-electron chi connectivity index (χ4n) is 4.90. The number of cyclic esters (lactones) is 1. The molecule has 3 aromatic rings. The standard InChI is InChI=1S/C32H32F4N2O6/c1-19(2)44-28(30(40)38-24(18-43-31(38)41)14-20-7-5-4-6-8-20)15-21-9-12-27(42-3)22(13-21)17-37-29(39)25-11-10-23(16-26(25)33)32(34,35)36/h4-13,16,19,24,28H,14-15,17-18H2,1-3H3,(H,37,39)/t24-,28-/m0/s1. The van der Waals surface area contributed by atoms with Crippen molar-refractivity contribution in [1.82, 2.24) is 10.2 Å². The van der Waals surface area contributed by atoms with Crippen LogP contribution < -0.4 is 10.1 Å². The Kier molecular flexibility index (Phi) is 10.3. The van der Waals surface area contributed by atoms with E-state index in [2.05, 4.69) is 5.32 Å². The molecule has 2 atom stereocenters. The van der Waals surface area contributed by atoms with Crippen molar-refractivity contribution in [3.8, 4) is 5.75 Å². The second kappa shape index (κ2) is 13.9. The molecule has 0 saturated carbocycles. The van der Waals surface area contributed by atoms with Crippen molar-refractivity contribution in [2.75, 3.05) is 13.7 Å². The second-order valence-corrected chi connectivity index (χ2v) is 10.5. The van der Waals surface area contributed by atoms with Crippen LogP contribution in [0.3, 0.4) is 0 Å². The molecule has 0 aliphatic carbocycles. The minimum Gasteiger partial charge on any atom is -0.496 e. The Hall–Kier alpha value is -4.45. The lowest BCUT2D eigenvalue weighted by molar-refractivity contribution is -0.144. The maximum Gasteiger partial charge on any atom is 0.417 e. The van der Waals surface area contributed by atoms with Crippen LogP contribution in [-0.2, 0) is 39.8 Å². The van der Waals surface area contributed by atoms with E-state index in [1.807, 2.05) is 30.3 Å². The number of halogens is 4. The Morgan fingerprint density at radius 3 is 2.41 bits per heavy atom. The molecule has 0 radical (unpaired) electrons. The molecule has 234 valence electrons. The fraction of sp³-hybridized carbons (Fsp3) is 0.344. The number of nitrogens with zero attached hydrogens (tertiary/aromatic N) is 1. The normalized spacial score (nSPS) is 15.7. The third-order valence-corrected chi connectivity index (χ3v) is 6.97. The SMILES string of the molecule is COc1ccc(C[C@H](OC(C)C)C(=O)N2C(=O)OC[C@@H]2Cc2ccccc2)cc1CNC(=O)c1ccc(C(F)(F)F)cc1F. The first-order valence-electron chi connectivity index (χ1n) is 13.9. The molecular formula is C32H32F4N2O6. The van der Waals surface area contributed by atoms with E-state index >= 15 is 0 Å². The largest absolute Gasteiger partial charge is 0.496 e. The number of alkyl halides is 3. The van der Waals surface area contributed by atoms with Gasteiger partial charge in [0.1, 0.15) is 24.3 Å². The maximum absolute atomic E-state index is 14.3. The van der Waals surface area contributed by atoms with E-state index in [1.165, 1.54) is 7.11 Å². The van der Waals surface area contributed by atoms with Gasteiger partial charge < -0.3 is 19.5 Å². The van der Waals surface area contributed by atoms with Crippen molar-refractivity contribution in [1.29, 1.82) is 0 Å². The Morgan fingerprint density at radius 1 is 1.05 bits per heavy atom. The van der Waals surface area contributed by atoms with Crippen LogP contribution in [0.1, 0.15) is 46.5 Å². The lowest BCUT2D eigenvalue weighted by atomic mass is 10.0. The van der Waals surface area contributed by atoms with Crippen molar-refractivity contribution >= 4 is 17.9 Å². The van der Waals surface area contributed by atoms with Crippen molar-refractivity contribution in [3.05, 3.63) is 100 Å². The van der Waals surface area contributed by atoms with Gasteiger partial charge in [-0.1, -0.05) is 42.5 Å². The number of carbonyl (C=O) groups excluding carboxylic acids is 3. The summed E-state index contributed by atoms with van der Waals surface area (Å²) in [5.41, 5.74) is 0.257. The molecule has 8 nitrogen and oxygen atoms in total. The van der Waals surface area contributed by atoms with E-state index in [-0.39, 0.29) is 31.7 Å². The molecule has 1 saturated heterocycles. The molecule has 12 heteroatoms. The minimum absolute atomic E-state index is 0.0553. The highest BCUT2D eigenvalue weighted by Crippen LogP contribution is 2.30.